The maximum atomic E-state index is 11.4. The molecule has 2 heterocycles. The number of carbonyl (C=O) groups excluding carboxylic acids is 1. The van der Waals surface area contributed by atoms with Crippen molar-refractivity contribution < 1.29 is 9.53 Å². The van der Waals surface area contributed by atoms with Crippen molar-refractivity contribution in [2.45, 2.75) is 6.92 Å². The Balaban J connectivity index is 2.22. The zero-order valence-electron chi connectivity index (χ0n) is 8.40. The number of esters is 1. The molecule has 0 N–H and O–H groups in total. The largest absolute Gasteiger partial charge is 0.461 e. The Kier molecular flexibility index (Phi) is 3.73. The fourth-order valence-corrected chi connectivity index (χ4v) is 3.29. The smallest absolute Gasteiger partial charge is 0.367 e. The molecule has 0 aliphatic carbocycles. The molecule has 6 heteroatoms. The van der Waals surface area contributed by atoms with Crippen molar-refractivity contribution in [2.75, 3.05) is 6.61 Å². The summed E-state index contributed by atoms with van der Waals surface area (Å²) in [6.45, 7) is 2.15. The molecule has 0 amide bonds. The fourth-order valence-electron chi connectivity index (χ4n) is 1.12. The first kappa shape index (κ1) is 11.8. The third kappa shape index (κ3) is 2.50. The standard InChI is InChI=1S/C10H8BrNO2S2/c1-2-14-10(13)9-12-7(5-16-9)8-3-6(11)4-15-8/h3-5H,2H2,1H3. The van der Waals surface area contributed by atoms with E-state index < -0.39 is 0 Å². The normalized spacial score (nSPS) is 10.4. The molecule has 2 aromatic heterocycles. The van der Waals surface area contributed by atoms with E-state index in [2.05, 4.69) is 20.9 Å². The molecule has 2 aromatic rings. The van der Waals surface area contributed by atoms with Crippen LogP contribution >= 0.6 is 38.6 Å². The maximum Gasteiger partial charge on any atom is 0.367 e. The van der Waals surface area contributed by atoms with Gasteiger partial charge in [0.25, 0.3) is 0 Å². The van der Waals surface area contributed by atoms with Gasteiger partial charge in [0.05, 0.1) is 17.2 Å². The predicted molar refractivity (Wildman–Crippen MR) is 69.1 cm³/mol. The zero-order chi connectivity index (χ0) is 11.5. The summed E-state index contributed by atoms with van der Waals surface area (Å²) in [7, 11) is 0. The van der Waals surface area contributed by atoms with E-state index in [1.54, 1.807) is 18.3 Å². The van der Waals surface area contributed by atoms with E-state index in [0.717, 1.165) is 15.0 Å². The Bertz CT molecular complexity index is 506. The number of ether oxygens (including phenoxy) is 1. The average Bonchev–Trinajstić information content (AvgIpc) is 2.85. The number of rotatable bonds is 3. The molecular weight excluding hydrogens is 310 g/mol. The highest BCUT2D eigenvalue weighted by atomic mass is 79.9. The Hall–Kier alpha value is -0.720. The van der Waals surface area contributed by atoms with Crippen molar-refractivity contribution in [2.24, 2.45) is 0 Å². The molecule has 0 atom stereocenters. The Morgan fingerprint density at radius 2 is 2.31 bits per heavy atom. The molecule has 0 bridgehead atoms. The molecule has 0 aliphatic rings. The third-order valence-corrected chi connectivity index (χ3v) is 4.31. The molecule has 0 unspecified atom stereocenters. The van der Waals surface area contributed by atoms with Crippen LogP contribution < -0.4 is 0 Å². The summed E-state index contributed by atoms with van der Waals surface area (Å²) in [5.74, 6) is -0.352. The van der Waals surface area contributed by atoms with Crippen molar-refractivity contribution >= 4 is 44.6 Å². The molecule has 0 saturated heterocycles. The van der Waals surface area contributed by atoms with Crippen LogP contribution in [0.15, 0.2) is 21.3 Å². The van der Waals surface area contributed by atoms with Gasteiger partial charge in [-0.05, 0) is 28.9 Å². The number of thiazole rings is 1. The lowest BCUT2D eigenvalue weighted by atomic mass is 10.4. The Morgan fingerprint density at radius 3 is 2.94 bits per heavy atom. The highest BCUT2D eigenvalue weighted by molar-refractivity contribution is 9.10. The van der Waals surface area contributed by atoms with Gasteiger partial charge >= 0.3 is 5.97 Å². The first-order valence-corrected chi connectivity index (χ1v) is 7.13. The van der Waals surface area contributed by atoms with Crippen LogP contribution in [0.2, 0.25) is 0 Å². The summed E-state index contributed by atoms with van der Waals surface area (Å²) in [6, 6.07) is 1.98. The molecule has 0 radical (unpaired) electrons. The minimum Gasteiger partial charge on any atom is -0.461 e. The summed E-state index contributed by atoms with van der Waals surface area (Å²) in [5.41, 5.74) is 0.823. The molecule has 16 heavy (non-hydrogen) atoms. The van der Waals surface area contributed by atoms with Gasteiger partial charge in [0, 0.05) is 15.2 Å². The second kappa shape index (κ2) is 5.07. The first-order valence-electron chi connectivity index (χ1n) is 4.57. The highest BCUT2D eigenvalue weighted by Crippen LogP contribution is 2.30. The summed E-state index contributed by atoms with van der Waals surface area (Å²) in [5, 5.41) is 4.25. The third-order valence-electron chi connectivity index (χ3n) is 1.77. The molecular formula is C10H8BrNO2S2. The van der Waals surface area contributed by atoms with Gasteiger partial charge in [0.15, 0.2) is 0 Å². The molecule has 84 valence electrons. The monoisotopic (exact) mass is 317 g/mol. The van der Waals surface area contributed by atoms with Gasteiger partial charge in [-0.25, -0.2) is 9.78 Å². The molecule has 0 aliphatic heterocycles. The lowest BCUT2D eigenvalue weighted by Crippen LogP contribution is -2.03. The molecule has 0 saturated carbocycles. The van der Waals surface area contributed by atoms with Gasteiger partial charge in [-0.3, -0.25) is 0 Å². The Labute approximate surface area is 109 Å². The van der Waals surface area contributed by atoms with Crippen molar-refractivity contribution in [1.82, 2.24) is 4.98 Å². The van der Waals surface area contributed by atoms with Crippen LogP contribution in [-0.2, 0) is 4.74 Å². The maximum absolute atomic E-state index is 11.4. The number of hydrogen-bond acceptors (Lipinski definition) is 5. The fraction of sp³-hybridized carbons (Fsp3) is 0.200. The molecule has 0 fully saturated rings. The van der Waals surface area contributed by atoms with Crippen molar-refractivity contribution in [3.63, 3.8) is 0 Å². The first-order chi connectivity index (χ1) is 7.70. The van der Waals surface area contributed by atoms with Crippen LogP contribution in [0.3, 0.4) is 0 Å². The van der Waals surface area contributed by atoms with Gasteiger partial charge in [0.2, 0.25) is 5.01 Å². The quantitative estimate of drug-likeness (QED) is 0.808. The van der Waals surface area contributed by atoms with Crippen molar-refractivity contribution in [3.05, 3.63) is 26.3 Å². The van der Waals surface area contributed by atoms with Gasteiger partial charge in [-0.1, -0.05) is 0 Å². The van der Waals surface area contributed by atoms with E-state index in [0.29, 0.717) is 11.6 Å². The lowest BCUT2D eigenvalue weighted by Gasteiger charge is -1.95. The second-order valence-corrected chi connectivity index (χ2v) is 5.57. The Morgan fingerprint density at radius 1 is 1.50 bits per heavy atom. The van der Waals surface area contributed by atoms with E-state index in [1.807, 2.05) is 16.8 Å². The van der Waals surface area contributed by atoms with Gasteiger partial charge in [0.1, 0.15) is 0 Å². The van der Waals surface area contributed by atoms with Crippen LogP contribution in [0.5, 0.6) is 0 Å². The van der Waals surface area contributed by atoms with Gasteiger partial charge in [-0.15, -0.1) is 22.7 Å². The zero-order valence-corrected chi connectivity index (χ0v) is 11.6. The number of aromatic nitrogens is 1. The van der Waals surface area contributed by atoms with Crippen molar-refractivity contribution in [1.29, 1.82) is 0 Å². The number of nitrogens with zero attached hydrogens (tertiary/aromatic N) is 1. The summed E-state index contributed by atoms with van der Waals surface area (Å²) < 4.78 is 5.91. The van der Waals surface area contributed by atoms with E-state index in [4.69, 9.17) is 4.74 Å². The average molecular weight is 318 g/mol. The van der Waals surface area contributed by atoms with Gasteiger partial charge < -0.3 is 4.74 Å². The molecule has 2 rings (SSSR count). The highest BCUT2D eigenvalue weighted by Gasteiger charge is 2.13. The minimum absolute atomic E-state index is 0.352. The van der Waals surface area contributed by atoms with Crippen LogP contribution in [-0.4, -0.2) is 17.6 Å². The van der Waals surface area contributed by atoms with E-state index in [9.17, 15) is 4.79 Å². The van der Waals surface area contributed by atoms with Crippen LogP contribution in [0.25, 0.3) is 10.6 Å². The number of thiophene rings is 1. The van der Waals surface area contributed by atoms with E-state index in [-0.39, 0.29) is 5.97 Å². The van der Waals surface area contributed by atoms with E-state index in [1.165, 1.54) is 11.3 Å². The minimum atomic E-state index is -0.352. The van der Waals surface area contributed by atoms with Crippen LogP contribution in [0, 0.1) is 0 Å². The summed E-state index contributed by atoms with van der Waals surface area (Å²) in [4.78, 5) is 16.7. The van der Waals surface area contributed by atoms with Crippen LogP contribution in [0.4, 0.5) is 0 Å². The molecule has 0 spiro atoms. The van der Waals surface area contributed by atoms with Crippen molar-refractivity contribution in [3.8, 4) is 10.6 Å². The molecule has 0 aromatic carbocycles. The lowest BCUT2D eigenvalue weighted by molar-refractivity contribution is 0.0526. The SMILES string of the molecule is CCOC(=O)c1nc(-c2cc(Br)cs2)cs1. The summed E-state index contributed by atoms with van der Waals surface area (Å²) in [6.07, 6.45) is 0. The molecule has 3 nitrogen and oxygen atoms in total. The topological polar surface area (TPSA) is 39.2 Å². The second-order valence-electron chi connectivity index (χ2n) is 2.89. The number of carbonyl (C=O) groups is 1. The predicted octanol–water partition coefficient (Wildman–Crippen LogP) is 3.81. The number of hydrogen-bond donors (Lipinski definition) is 0. The van der Waals surface area contributed by atoms with Gasteiger partial charge in [-0.2, -0.15) is 0 Å². The number of halogens is 1. The van der Waals surface area contributed by atoms with E-state index >= 15 is 0 Å². The van der Waals surface area contributed by atoms with Crippen LogP contribution in [0.1, 0.15) is 16.7 Å². The summed E-state index contributed by atoms with van der Waals surface area (Å²) >= 11 is 6.28.